The smallest absolute Gasteiger partial charge is 0.276 e. The van der Waals surface area contributed by atoms with Crippen LogP contribution in [0.2, 0.25) is 5.02 Å². The molecule has 2 amide bonds. The van der Waals surface area contributed by atoms with Crippen molar-refractivity contribution in [1.82, 2.24) is 10.4 Å². The molecule has 3 aromatic carbocycles. The van der Waals surface area contributed by atoms with E-state index in [0.717, 1.165) is 22.6 Å². The van der Waals surface area contributed by atoms with E-state index in [1.165, 1.54) is 5.01 Å². The molecule has 4 rings (SSSR count). The minimum atomic E-state index is -0.504. The van der Waals surface area contributed by atoms with Crippen molar-refractivity contribution in [2.24, 2.45) is 0 Å². The molecule has 1 aliphatic heterocycles. The molecule has 6 nitrogen and oxygen atoms in total. The van der Waals surface area contributed by atoms with E-state index in [-0.39, 0.29) is 18.2 Å². The SMILES string of the molecule is Cc1cc(Cl)ccc1OCCCC(=O)NN1C(=O)c2ccccc2NC1c1ccccc1. The highest BCUT2D eigenvalue weighted by molar-refractivity contribution is 6.30. The molecule has 3 aromatic rings. The lowest BCUT2D eigenvalue weighted by molar-refractivity contribution is -0.126. The van der Waals surface area contributed by atoms with Crippen molar-refractivity contribution in [3.63, 3.8) is 0 Å². The van der Waals surface area contributed by atoms with Gasteiger partial charge < -0.3 is 10.1 Å². The van der Waals surface area contributed by atoms with Gasteiger partial charge in [-0.15, -0.1) is 0 Å². The molecule has 1 aliphatic rings. The van der Waals surface area contributed by atoms with E-state index in [2.05, 4.69) is 10.7 Å². The molecular formula is C25H24ClN3O3. The van der Waals surface area contributed by atoms with Gasteiger partial charge in [-0.05, 0) is 54.8 Å². The Hall–Kier alpha value is -3.51. The van der Waals surface area contributed by atoms with Gasteiger partial charge in [0.05, 0.1) is 12.2 Å². The summed E-state index contributed by atoms with van der Waals surface area (Å²) in [4.78, 5) is 25.8. The first kappa shape index (κ1) is 21.7. The highest BCUT2D eigenvalue weighted by atomic mass is 35.5. The predicted octanol–water partition coefficient (Wildman–Crippen LogP) is 5.11. The summed E-state index contributed by atoms with van der Waals surface area (Å²) in [5.74, 6) is 0.234. The van der Waals surface area contributed by atoms with Crippen molar-refractivity contribution >= 4 is 29.1 Å². The summed E-state index contributed by atoms with van der Waals surface area (Å²) in [6.45, 7) is 2.30. The van der Waals surface area contributed by atoms with Gasteiger partial charge in [0.15, 0.2) is 0 Å². The van der Waals surface area contributed by atoms with E-state index in [9.17, 15) is 9.59 Å². The van der Waals surface area contributed by atoms with Crippen LogP contribution in [0, 0.1) is 6.92 Å². The number of anilines is 1. The van der Waals surface area contributed by atoms with Crippen LogP contribution in [-0.2, 0) is 4.79 Å². The maximum atomic E-state index is 13.2. The third-order valence-electron chi connectivity index (χ3n) is 5.23. The van der Waals surface area contributed by atoms with Gasteiger partial charge in [0.2, 0.25) is 5.91 Å². The molecule has 0 radical (unpaired) electrons. The zero-order valence-corrected chi connectivity index (χ0v) is 18.4. The quantitative estimate of drug-likeness (QED) is 0.492. The first-order valence-corrected chi connectivity index (χ1v) is 10.8. The van der Waals surface area contributed by atoms with Crippen molar-refractivity contribution in [1.29, 1.82) is 0 Å². The summed E-state index contributed by atoms with van der Waals surface area (Å²) in [5, 5.41) is 5.37. The third kappa shape index (κ3) is 4.86. The number of rotatable bonds is 7. The maximum Gasteiger partial charge on any atom is 0.276 e. The van der Waals surface area contributed by atoms with Gasteiger partial charge in [0.1, 0.15) is 11.9 Å². The Labute approximate surface area is 192 Å². The van der Waals surface area contributed by atoms with Crippen LogP contribution >= 0.6 is 11.6 Å². The number of carbonyl (C=O) groups excluding carboxylic acids is 2. The Morgan fingerprint density at radius 2 is 1.84 bits per heavy atom. The zero-order valence-electron chi connectivity index (χ0n) is 17.7. The van der Waals surface area contributed by atoms with Crippen molar-refractivity contribution in [3.8, 4) is 5.75 Å². The van der Waals surface area contributed by atoms with Gasteiger partial charge in [-0.3, -0.25) is 15.0 Å². The van der Waals surface area contributed by atoms with Crippen molar-refractivity contribution < 1.29 is 14.3 Å². The topological polar surface area (TPSA) is 70.7 Å². The molecule has 1 atom stereocenters. The van der Waals surface area contributed by atoms with Gasteiger partial charge in [0.25, 0.3) is 5.91 Å². The molecule has 0 saturated carbocycles. The minimum absolute atomic E-state index is 0.222. The predicted molar refractivity (Wildman–Crippen MR) is 124 cm³/mol. The first-order valence-electron chi connectivity index (χ1n) is 10.5. The van der Waals surface area contributed by atoms with Crippen molar-refractivity contribution in [3.05, 3.63) is 94.5 Å². The lowest BCUT2D eigenvalue weighted by Gasteiger charge is -2.37. The number of hydrogen-bond acceptors (Lipinski definition) is 4. The molecule has 0 fully saturated rings. The Morgan fingerprint density at radius 3 is 2.62 bits per heavy atom. The van der Waals surface area contributed by atoms with Gasteiger partial charge in [0, 0.05) is 17.1 Å². The zero-order chi connectivity index (χ0) is 22.5. The molecule has 2 N–H and O–H groups in total. The van der Waals surface area contributed by atoms with Gasteiger partial charge >= 0.3 is 0 Å². The number of amides is 2. The standard InChI is InChI=1S/C25H24ClN3O3/c1-17-16-19(26)13-14-22(17)32-15-7-12-23(30)28-29-24(18-8-3-2-4-9-18)27-21-11-6-5-10-20(21)25(29)31/h2-6,8-11,13-14,16,24,27H,7,12,15H2,1H3,(H,28,30). The fourth-order valence-corrected chi connectivity index (χ4v) is 3.84. The molecule has 164 valence electrons. The van der Waals surface area contributed by atoms with E-state index in [1.54, 1.807) is 18.2 Å². The number of fused-ring (bicyclic) bond motifs is 1. The first-order chi connectivity index (χ1) is 15.5. The number of carbonyl (C=O) groups is 2. The number of benzene rings is 3. The fourth-order valence-electron chi connectivity index (χ4n) is 3.62. The van der Waals surface area contributed by atoms with Crippen molar-refractivity contribution in [2.45, 2.75) is 25.9 Å². The van der Waals surface area contributed by atoms with Crippen LogP contribution in [0.15, 0.2) is 72.8 Å². The number of nitrogens with zero attached hydrogens (tertiary/aromatic N) is 1. The lowest BCUT2D eigenvalue weighted by atomic mass is 10.1. The Balaban J connectivity index is 1.40. The van der Waals surface area contributed by atoms with Crippen molar-refractivity contribution in [2.75, 3.05) is 11.9 Å². The molecular weight excluding hydrogens is 426 g/mol. The Morgan fingerprint density at radius 1 is 1.09 bits per heavy atom. The summed E-state index contributed by atoms with van der Waals surface area (Å²) < 4.78 is 5.76. The van der Waals surface area contributed by atoms with E-state index in [1.807, 2.05) is 61.5 Å². The number of hydrazine groups is 1. The molecule has 32 heavy (non-hydrogen) atoms. The highest BCUT2D eigenvalue weighted by Gasteiger charge is 2.34. The van der Waals surface area contributed by atoms with E-state index >= 15 is 0 Å². The summed E-state index contributed by atoms with van der Waals surface area (Å²) in [7, 11) is 0. The van der Waals surface area contributed by atoms with Crippen LogP contribution in [0.1, 0.15) is 40.5 Å². The Bertz CT molecular complexity index is 1120. The van der Waals surface area contributed by atoms with Crippen LogP contribution in [0.3, 0.4) is 0 Å². The van der Waals surface area contributed by atoms with E-state index in [4.69, 9.17) is 16.3 Å². The average Bonchev–Trinajstić information content (AvgIpc) is 2.80. The number of nitrogens with one attached hydrogen (secondary N) is 2. The lowest BCUT2D eigenvalue weighted by Crippen LogP contribution is -2.52. The number of aryl methyl sites for hydroxylation is 1. The largest absolute Gasteiger partial charge is 0.493 e. The molecule has 0 saturated heterocycles. The van der Waals surface area contributed by atoms with Crippen LogP contribution < -0.4 is 15.5 Å². The normalized spacial score (nSPS) is 15.0. The van der Waals surface area contributed by atoms with Crippen LogP contribution in [0.5, 0.6) is 5.75 Å². The van der Waals surface area contributed by atoms with E-state index in [0.29, 0.717) is 23.6 Å². The summed E-state index contributed by atoms with van der Waals surface area (Å²) in [6.07, 6.45) is 0.228. The number of hydrogen-bond donors (Lipinski definition) is 2. The second-order valence-electron chi connectivity index (χ2n) is 7.58. The third-order valence-corrected chi connectivity index (χ3v) is 5.46. The molecule has 0 aromatic heterocycles. The second-order valence-corrected chi connectivity index (χ2v) is 8.01. The van der Waals surface area contributed by atoms with Crippen LogP contribution in [0.4, 0.5) is 5.69 Å². The highest BCUT2D eigenvalue weighted by Crippen LogP contribution is 2.31. The van der Waals surface area contributed by atoms with Crippen LogP contribution in [-0.4, -0.2) is 23.4 Å². The molecule has 1 heterocycles. The van der Waals surface area contributed by atoms with Crippen LogP contribution in [0.25, 0.3) is 0 Å². The Kier molecular flexibility index (Phi) is 6.61. The summed E-state index contributed by atoms with van der Waals surface area (Å²) >= 11 is 5.97. The summed E-state index contributed by atoms with van der Waals surface area (Å²) in [6, 6.07) is 22.2. The summed E-state index contributed by atoms with van der Waals surface area (Å²) in [5.41, 5.74) is 5.85. The fraction of sp³-hybridized carbons (Fsp3) is 0.200. The average molecular weight is 450 g/mol. The number of halogens is 1. The van der Waals surface area contributed by atoms with Gasteiger partial charge in [-0.2, -0.15) is 0 Å². The van der Waals surface area contributed by atoms with Gasteiger partial charge in [-0.25, -0.2) is 5.01 Å². The monoisotopic (exact) mass is 449 g/mol. The minimum Gasteiger partial charge on any atom is -0.493 e. The number of ether oxygens (including phenoxy) is 1. The maximum absolute atomic E-state index is 13.2. The van der Waals surface area contributed by atoms with E-state index < -0.39 is 6.17 Å². The molecule has 1 unspecified atom stereocenters. The second kappa shape index (κ2) is 9.75. The molecule has 0 spiro atoms. The van der Waals surface area contributed by atoms with Gasteiger partial charge in [-0.1, -0.05) is 54.1 Å². The molecule has 0 bridgehead atoms. The molecule has 0 aliphatic carbocycles. The molecule has 7 heteroatoms. The number of para-hydroxylation sites is 1.